The molecule has 0 N–H and O–H groups in total. The van der Waals surface area contributed by atoms with Crippen molar-refractivity contribution in [2.75, 3.05) is 0 Å². The number of thiophene rings is 2. The minimum Gasteiger partial charge on any atom is -0.192 e. The van der Waals surface area contributed by atoms with Gasteiger partial charge in [0.25, 0.3) is 0 Å². The number of rotatable bonds is 2. The van der Waals surface area contributed by atoms with E-state index in [0.29, 0.717) is 0 Å². The van der Waals surface area contributed by atoms with E-state index in [2.05, 4.69) is 48.6 Å². The first-order chi connectivity index (χ1) is 23.1. The molecule has 4 nitrogen and oxygen atoms in total. The Morgan fingerprint density at radius 3 is 1.70 bits per heavy atom. The maximum Gasteiger partial charge on any atom is 0.132 e. The van der Waals surface area contributed by atoms with E-state index in [1.807, 2.05) is 22.7 Å². The summed E-state index contributed by atoms with van der Waals surface area (Å²) in [6.07, 6.45) is 24.6. The molecule has 0 bridgehead atoms. The van der Waals surface area contributed by atoms with Gasteiger partial charge in [-0.15, -0.1) is 22.7 Å². The molecular formula is C41H40N4S2. The maximum absolute atomic E-state index is 9.58. The van der Waals surface area contributed by atoms with Gasteiger partial charge in [0.15, 0.2) is 0 Å². The van der Waals surface area contributed by atoms with E-state index in [1.54, 1.807) is 16.7 Å². The fraction of sp³-hybridized carbons (Fsp3) is 0.463. The van der Waals surface area contributed by atoms with Gasteiger partial charge in [0.05, 0.1) is 0 Å². The highest BCUT2D eigenvalue weighted by Crippen LogP contribution is 2.63. The summed E-state index contributed by atoms with van der Waals surface area (Å²) in [6.45, 7) is 0. The average molecular weight is 653 g/mol. The summed E-state index contributed by atoms with van der Waals surface area (Å²) in [5.74, 6) is 0. The highest BCUT2D eigenvalue weighted by Gasteiger charge is 2.48. The number of fused-ring (bicyclic) bond motifs is 6. The molecule has 5 aliphatic rings. The molecule has 236 valence electrons. The van der Waals surface area contributed by atoms with Crippen LogP contribution in [-0.2, 0) is 11.8 Å². The molecule has 0 aliphatic heterocycles. The number of allylic oxidation sites excluding steroid dienone is 10. The Morgan fingerprint density at radius 1 is 0.553 bits per heavy atom. The number of nitrogens with zero attached hydrogens (tertiary/aromatic N) is 4. The highest BCUT2D eigenvalue weighted by molar-refractivity contribution is 7.15. The summed E-state index contributed by atoms with van der Waals surface area (Å²) in [4.78, 5) is 5.67. The van der Waals surface area contributed by atoms with Crippen LogP contribution in [0.3, 0.4) is 0 Å². The summed E-state index contributed by atoms with van der Waals surface area (Å²) in [7, 11) is 0. The van der Waals surface area contributed by atoms with Crippen molar-refractivity contribution in [1.29, 1.82) is 21.0 Å². The van der Waals surface area contributed by atoms with Crippen molar-refractivity contribution in [2.24, 2.45) is 0 Å². The van der Waals surface area contributed by atoms with Gasteiger partial charge in [-0.05, 0) is 134 Å². The Bertz CT molecular complexity index is 1900. The smallest absolute Gasteiger partial charge is 0.132 e. The number of aryl methyl sites for hydroxylation is 1. The van der Waals surface area contributed by atoms with Crippen LogP contribution in [0.25, 0.3) is 22.3 Å². The largest absolute Gasteiger partial charge is 0.192 e. The Labute approximate surface area is 287 Å². The molecular weight excluding hydrogens is 613 g/mol. The van der Waals surface area contributed by atoms with E-state index in [9.17, 15) is 21.0 Å². The molecule has 6 heteroatoms. The lowest BCUT2D eigenvalue weighted by Crippen LogP contribution is -2.28. The lowest BCUT2D eigenvalue weighted by molar-refractivity contribution is 0.373. The molecule has 1 spiro atoms. The molecule has 0 aromatic carbocycles. The van der Waals surface area contributed by atoms with Crippen LogP contribution in [0.2, 0.25) is 0 Å². The van der Waals surface area contributed by atoms with Crippen molar-refractivity contribution in [3.8, 4) is 24.3 Å². The molecule has 0 unspecified atom stereocenters. The zero-order valence-electron chi connectivity index (χ0n) is 27.1. The maximum atomic E-state index is 9.58. The summed E-state index contributed by atoms with van der Waals surface area (Å²) in [5, 5.41) is 38.3. The Balaban J connectivity index is 1.40. The Morgan fingerprint density at radius 2 is 1.09 bits per heavy atom. The second-order valence-electron chi connectivity index (χ2n) is 13.9. The lowest BCUT2D eigenvalue weighted by atomic mass is 9.66. The number of nitriles is 4. The SMILES string of the molecule is N#CC(C#N)=C1C=C(c2cc3c(s2)C2=C(CCCCCCC3)c3sc(C4=CC(=C(C#N)C#N)CCC4)cc3C23CCCCC3)CCC1. The van der Waals surface area contributed by atoms with E-state index < -0.39 is 0 Å². The van der Waals surface area contributed by atoms with Gasteiger partial charge < -0.3 is 0 Å². The van der Waals surface area contributed by atoms with Gasteiger partial charge >= 0.3 is 0 Å². The molecule has 2 aromatic rings. The quantitative estimate of drug-likeness (QED) is 0.302. The molecule has 7 rings (SSSR count). The van der Waals surface area contributed by atoms with Crippen LogP contribution in [0, 0.1) is 45.3 Å². The van der Waals surface area contributed by atoms with Crippen LogP contribution in [0.1, 0.15) is 140 Å². The van der Waals surface area contributed by atoms with E-state index in [4.69, 9.17) is 0 Å². The van der Waals surface area contributed by atoms with Crippen LogP contribution in [-0.4, -0.2) is 0 Å². The minimum absolute atomic E-state index is 0.0434. The summed E-state index contributed by atoms with van der Waals surface area (Å²) in [5.41, 5.74) is 11.2. The van der Waals surface area contributed by atoms with Crippen LogP contribution >= 0.6 is 22.7 Å². The second-order valence-corrected chi connectivity index (χ2v) is 16.0. The lowest BCUT2D eigenvalue weighted by Gasteiger charge is -2.37. The van der Waals surface area contributed by atoms with Crippen LogP contribution in [0.5, 0.6) is 0 Å². The molecule has 0 radical (unpaired) electrons. The van der Waals surface area contributed by atoms with Gasteiger partial charge in [-0.1, -0.05) is 50.7 Å². The van der Waals surface area contributed by atoms with Crippen molar-refractivity contribution < 1.29 is 0 Å². The molecule has 0 atom stereocenters. The van der Waals surface area contributed by atoms with Crippen LogP contribution in [0.15, 0.2) is 46.6 Å². The zero-order valence-corrected chi connectivity index (χ0v) is 28.8. The predicted octanol–water partition coefficient (Wildman–Crippen LogP) is 11.7. The third kappa shape index (κ3) is 5.78. The topological polar surface area (TPSA) is 95.2 Å². The Kier molecular flexibility index (Phi) is 9.20. The van der Waals surface area contributed by atoms with E-state index in [1.165, 1.54) is 100 Å². The first kappa shape index (κ1) is 31.6. The molecule has 1 fully saturated rings. The predicted molar refractivity (Wildman–Crippen MR) is 192 cm³/mol. The molecule has 2 aromatic heterocycles. The third-order valence-corrected chi connectivity index (χ3v) is 13.7. The monoisotopic (exact) mass is 652 g/mol. The molecule has 0 amide bonds. The Hall–Kier alpha value is -3.94. The van der Waals surface area contributed by atoms with Crippen molar-refractivity contribution in [3.63, 3.8) is 0 Å². The first-order valence-electron chi connectivity index (χ1n) is 17.6. The van der Waals surface area contributed by atoms with Gasteiger partial charge in [-0.2, -0.15) is 21.0 Å². The normalized spacial score (nSPS) is 20.7. The van der Waals surface area contributed by atoms with Gasteiger partial charge in [0, 0.05) is 24.9 Å². The van der Waals surface area contributed by atoms with Gasteiger partial charge in [0.1, 0.15) is 35.4 Å². The minimum atomic E-state index is 0.0434. The molecule has 0 saturated heterocycles. The van der Waals surface area contributed by atoms with Crippen LogP contribution < -0.4 is 0 Å². The highest BCUT2D eigenvalue weighted by atomic mass is 32.1. The summed E-state index contributed by atoms with van der Waals surface area (Å²) < 4.78 is 0. The van der Waals surface area contributed by atoms with E-state index >= 15 is 0 Å². The van der Waals surface area contributed by atoms with Crippen molar-refractivity contribution in [3.05, 3.63) is 77.2 Å². The van der Waals surface area contributed by atoms with E-state index in [-0.39, 0.29) is 16.6 Å². The second kappa shape index (κ2) is 13.7. The van der Waals surface area contributed by atoms with Crippen molar-refractivity contribution in [1.82, 2.24) is 0 Å². The van der Waals surface area contributed by atoms with E-state index in [0.717, 1.165) is 62.5 Å². The molecule has 47 heavy (non-hydrogen) atoms. The zero-order chi connectivity index (χ0) is 32.4. The van der Waals surface area contributed by atoms with Crippen LogP contribution in [0.4, 0.5) is 0 Å². The number of hydrogen-bond acceptors (Lipinski definition) is 6. The van der Waals surface area contributed by atoms with Gasteiger partial charge in [-0.3, -0.25) is 0 Å². The standard InChI is InChI=1S/C41H40N4S2/c42-23-32(24-43)27-12-9-14-29(19-27)36-21-31-11-5-2-1-3-6-16-34-38(39(31)46-36)41(17-7-4-8-18-41)35-22-37(47-40(34)35)30-15-10-13-28(20-30)33(25-44)26-45/h19-22H,1-18H2. The van der Waals surface area contributed by atoms with Crippen molar-refractivity contribution >= 4 is 45.0 Å². The number of hydrogen-bond donors (Lipinski definition) is 0. The molecule has 5 aliphatic carbocycles. The van der Waals surface area contributed by atoms with Gasteiger partial charge in [-0.25, -0.2) is 0 Å². The molecule has 2 heterocycles. The summed E-state index contributed by atoms with van der Waals surface area (Å²) >= 11 is 3.96. The average Bonchev–Trinajstić information content (AvgIpc) is 3.79. The molecule has 1 saturated carbocycles. The van der Waals surface area contributed by atoms with Crippen molar-refractivity contribution in [2.45, 2.75) is 121 Å². The first-order valence-corrected chi connectivity index (χ1v) is 19.2. The fourth-order valence-electron chi connectivity index (χ4n) is 8.83. The van der Waals surface area contributed by atoms with Gasteiger partial charge in [0.2, 0.25) is 0 Å². The third-order valence-electron chi connectivity index (χ3n) is 11.1. The summed E-state index contributed by atoms with van der Waals surface area (Å²) in [6, 6.07) is 13.5. The fourth-order valence-corrected chi connectivity index (χ4v) is 11.6.